The molecule has 2 rings (SSSR count). The van der Waals surface area contributed by atoms with E-state index in [0.717, 1.165) is 36.6 Å². The van der Waals surface area contributed by atoms with Crippen molar-refractivity contribution in [2.24, 2.45) is 5.92 Å². The normalized spacial score (nSPS) is 20.8. The minimum atomic E-state index is -2.82. The summed E-state index contributed by atoms with van der Waals surface area (Å²) in [7, 11) is -2.82. The summed E-state index contributed by atoms with van der Waals surface area (Å²) in [4.78, 5) is 8.45. The lowest BCUT2D eigenvalue weighted by molar-refractivity contribution is 0.595. The highest BCUT2D eigenvalue weighted by atomic mass is 32.2. The number of rotatable bonds is 6. The van der Waals surface area contributed by atoms with Crippen molar-refractivity contribution in [3.05, 3.63) is 11.9 Å². The zero-order valence-electron chi connectivity index (χ0n) is 12.0. The smallest absolute Gasteiger partial charge is 0.150 e. The van der Waals surface area contributed by atoms with Gasteiger partial charge in [-0.2, -0.15) is 0 Å². The van der Waals surface area contributed by atoms with Gasteiger partial charge in [0.25, 0.3) is 0 Å². The fourth-order valence-electron chi connectivity index (χ4n) is 2.32. The van der Waals surface area contributed by atoms with E-state index >= 15 is 0 Å². The van der Waals surface area contributed by atoms with E-state index in [9.17, 15) is 8.42 Å². The zero-order chi connectivity index (χ0) is 14.6. The minimum absolute atomic E-state index is 0.182. The first-order valence-electron chi connectivity index (χ1n) is 7.01. The Balaban J connectivity index is 1.96. The maximum atomic E-state index is 11.4. The van der Waals surface area contributed by atoms with E-state index in [1.54, 1.807) is 0 Å². The second-order valence-electron chi connectivity index (χ2n) is 5.27. The summed E-state index contributed by atoms with van der Waals surface area (Å²) >= 11 is 0. The number of hydrogen-bond donors (Lipinski definition) is 2. The Morgan fingerprint density at radius 3 is 2.60 bits per heavy atom. The van der Waals surface area contributed by atoms with E-state index in [0.29, 0.717) is 12.3 Å². The van der Waals surface area contributed by atoms with Crippen LogP contribution in [0, 0.1) is 12.8 Å². The number of hydrogen-bond acceptors (Lipinski definition) is 6. The van der Waals surface area contributed by atoms with Gasteiger partial charge in [-0.1, -0.05) is 6.92 Å². The maximum absolute atomic E-state index is 11.4. The summed E-state index contributed by atoms with van der Waals surface area (Å²) in [6.45, 7) is 5.58. The highest BCUT2D eigenvalue weighted by molar-refractivity contribution is 7.91. The molecule has 0 aliphatic carbocycles. The summed E-state index contributed by atoms with van der Waals surface area (Å²) < 4.78 is 22.9. The van der Waals surface area contributed by atoms with Crippen LogP contribution in [0.25, 0.3) is 0 Å². The van der Waals surface area contributed by atoms with Crippen LogP contribution in [0.5, 0.6) is 0 Å². The van der Waals surface area contributed by atoms with E-state index in [-0.39, 0.29) is 11.7 Å². The van der Waals surface area contributed by atoms with Crippen LogP contribution in [0.4, 0.5) is 11.6 Å². The first kappa shape index (κ1) is 15.0. The number of nitrogens with one attached hydrogen (secondary N) is 2. The fraction of sp³-hybridized carbons (Fsp3) is 0.692. The fourth-order valence-corrected chi connectivity index (χ4v) is 4.19. The van der Waals surface area contributed by atoms with Gasteiger partial charge in [-0.05, 0) is 25.7 Å². The summed E-state index contributed by atoms with van der Waals surface area (Å²) in [6.07, 6.45) is 3.30. The molecule has 1 atom stereocenters. The molecule has 0 amide bonds. The summed E-state index contributed by atoms with van der Waals surface area (Å²) in [5.74, 6) is 2.39. The molecule has 1 aromatic rings. The van der Waals surface area contributed by atoms with Gasteiger partial charge in [-0.25, -0.2) is 18.4 Å². The molecule has 20 heavy (non-hydrogen) atoms. The van der Waals surface area contributed by atoms with Crippen molar-refractivity contribution < 1.29 is 8.42 Å². The topological polar surface area (TPSA) is 84.0 Å². The molecular weight excluding hydrogens is 276 g/mol. The molecule has 1 fully saturated rings. The lowest BCUT2D eigenvalue weighted by Crippen LogP contribution is -2.17. The monoisotopic (exact) mass is 298 g/mol. The van der Waals surface area contributed by atoms with E-state index < -0.39 is 9.84 Å². The molecule has 2 N–H and O–H groups in total. The SMILES string of the molecule is CCCNc1ncnc(NCC2CCS(=O)(=O)C2)c1C. The molecule has 1 aliphatic rings. The van der Waals surface area contributed by atoms with Crippen molar-refractivity contribution in [2.45, 2.75) is 26.7 Å². The lowest BCUT2D eigenvalue weighted by atomic mass is 10.1. The van der Waals surface area contributed by atoms with E-state index in [1.807, 2.05) is 6.92 Å². The van der Waals surface area contributed by atoms with Crippen molar-refractivity contribution in [3.63, 3.8) is 0 Å². The predicted molar refractivity (Wildman–Crippen MR) is 80.8 cm³/mol. The molecule has 0 bridgehead atoms. The molecule has 0 radical (unpaired) electrons. The van der Waals surface area contributed by atoms with Crippen molar-refractivity contribution in [1.29, 1.82) is 0 Å². The highest BCUT2D eigenvalue weighted by Gasteiger charge is 2.27. The van der Waals surface area contributed by atoms with E-state index in [2.05, 4.69) is 27.5 Å². The van der Waals surface area contributed by atoms with Gasteiger partial charge in [-0.15, -0.1) is 0 Å². The van der Waals surface area contributed by atoms with Crippen LogP contribution < -0.4 is 10.6 Å². The quantitative estimate of drug-likeness (QED) is 0.827. The van der Waals surface area contributed by atoms with E-state index in [1.165, 1.54) is 6.33 Å². The third-order valence-electron chi connectivity index (χ3n) is 3.51. The minimum Gasteiger partial charge on any atom is -0.370 e. The van der Waals surface area contributed by atoms with Gasteiger partial charge in [0.15, 0.2) is 9.84 Å². The average Bonchev–Trinajstić information content (AvgIpc) is 2.76. The predicted octanol–water partition coefficient (Wildman–Crippen LogP) is 1.45. The third-order valence-corrected chi connectivity index (χ3v) is 5.35. The second kappa shape index (κ2) is 6.39. The average molecular weight is 298 g/mol. The van der Waals surface area contributed by atoms with Gasteiger partial charge in [0.1, 0.15) is 18.0 Å². The number of anilines is 2. The molecule has 0 aromatic carbocycles. The standard InChI is InChI=1S/C13H22N4O2S/c1-3-5-14-12-10(2)13(17-9-16-12)15-7-11-4-6-20(18,19)8-11/h9,11H,3-8H2,1-2H3,(H2,14,15,16,17). The Kier molecular flexibility index (Phi) is 4.80. The Morgan fingerprint density at radius 2 is 2.00 bits per heavy atom. The molecule has 1 saturated heterocycles. The zero-order valence-corrected chi connectivity index (χ0v) is 12.8. The van der Waals surface area contributed by atoms with Crippen LogP contribution in [0.1, 0.15) is 25.3 Å². The van der Waals surface area contributed by atoms with Gasteiger partial charge in [0.05, 0.1) is 11.5 Å². The van der Waals surface area contributed by atoms with Crippen molar-refractivity contribution in [2.75, 3.05) is 35.2 Å². The molecule has 112 valence electrons. The Hall–Kier alpha value is -1.37. The second-order valence-corrected chi connectivity index (χ2v) is 7.50. The molecule has 1 aliphatic heterocycles. The van der Waals surface area contributed by atoms with E-state index in [4.69, 9.17) is 0 Å². The van der Waals surface area contributed by atoms with Crippen LogP contribution >= 0.6 is 0 Å². The summed E-state index contributed by atoms with van der Waals surface area (Å²) in [5, 5.41) is 6.51. The molecule has 6 nitrogen and oxygen atoms in total. The molecule has 0 spiro atoms. The molecular formula is C13H22N4O2S. The van der Waals surface area contributed by atoms with Crippen LogP contribution in [-0.4, -0.2) is 43.0 Å². The van der Waals surface area contributed by atoms with Gasteiger partial charge in [-0.3, -0.25) is 0 Å². The maximum Gasteiger partial charge on any atom is 0.150 e. The number of sulfone groups is 1. The molecule has 0 saturated carbocycles. The van der Waals surface area contributed by atoms with Crippen LogP contribution in [-0.2, 0) is 9.84 Å². The van der Waals surface area contributed by atoms with Crippen molar-refractivity contribution in [1.82, 2.24) is 9.97 Å². The summed E-state index contributed by atoms with van der Waals surface area (Å²) in [5.41, 5.74) is 0.974. The first-order chi connectivity index (χ1) is 9.52. The number of nitrogens with zero attached hydrogens (tertiary/aromatic N) is 2. The van der Waals surface area contributed by atoms with Crippen LogP contribution in [0.2, 0.25) is 0 Å². The Morgan fingerprint density at radius 1 is 1.30 bits per heavy atom. The van der Waals surface area contributed by atoms with Gasteiger partial charge in [0.2, 0.25) is 0 Å². The third kappa shape index (κ3) is 3.82. The van der Waals surface area contributed by atoms with Crippen molar-refractivity contribution in [3.8, 4) is 0 Å². The summed E-state index contributed by atoms with van der Waals surface area (Å²) in [6, 6.07) is 0. The highest BCUT2D eigenvalue weighted by Crippen LogP contribution is 2.21. The number of aromatic nitrogens is 2. The largest absolute Gasteiger partial charge is 0.370 e. The Labute approximate surface area is 120 Å². The molecule has 7 heteroatoms. The lowest BCUT2D eigenvalue weighted by Gasteiger charge is -2.14. The van der Waals surface area contributed by atoms with Crippen LogP contribution in [0.15, 0.2) is 6.33 Å². The Bertz CT molecular complexity index is 559. The van der Waals surface area contributed by atoms with Gasteiger partial charge < -0.3 is 10.6 Å². The molecule has 1 unspecified atom stereocenters. The van der Waals surface area contributed by atoms with Gasteiger partial charge >= 0.3 is 0 Å². The van der Waals surface area contributed by atoms with Crippen LogP contribution in [0.3, 0.4) is 0 Å². The molecule has 2 heterocycles. The molecule has 1 aromatic heterocycles. The van der Waals surface area contributed by atoms with Crippen molar-refractivity contribution >= 4 is 21.5 Å². The van der Waals surface area contributed by atoms with Gasteiger partial charge in [0, 0.05) is 18.7 Å². The first-order valence-corrected chi connectivity index (χ1v) is 8.83.